The molecule has 0 aliphatic heterocycles. The van der Waals surface area contributed by atoms with Gasteiger partial charge in [0.1, 0.15) is 11.6 Å². The topological polar surface area (TPSA) is 43.5 Å². The van der Waals surface area contributed by atoms with Crippen LogP contribution in [0.25, 0.3) is 141 Å². The summed E-state index contributed by atoms with van der Waals surface area (Å²) >= 11 is 1.84. The van der Waals surface area contributed by atoms with Gasteiger partial charge in [0, 0.05) is 68.8 Å². The Morgan fingerprint density at radius 1 is 0.299 bits per heavy atom. The monoisotopic (exact) mass is 1000 g/mol. The molecule has 0 aliphatic carbocycles. The van der Waals surface area contributed by atoms with Crippen molar-refractivity contribution in [3.05, 3.63) is 240 Å². The third kappa shape index (κ3) is 6.09. The van der Waals surface area contributed by atoms with E-state index in [0.29, 0.717) is 5.56 Å². The van der Waals surface area contributed by atoms with Crippen LogP contribution < -0.4 is 0 Å². The molecule has 0 amide bonds. The Labute approximate surface area is 447 Å². The normalized spacial score (nSPS) is 12.1. The molecular weight excluding hydrogens is 955 g/mol. The van der Waals surface area contributed by atoms with Crippen LogP contribution in [0.2, 0.25) is 0 Å². The van der Waals surface area contributed by atoms with Crippen LogP contribution in [0, 0.1) is 39.0 Å². The minimum Gasteiger partial charge on any atom is -0.306 e. The van der Waals surface area contributed by atoms with E-state index in [1.165, 1.54) is 20.2 Å². The Balaban J connectivity index is 1.28. The number of thiophene rings is 1. The average molecular weight is 1000 g/mol. The van der Waals surface area contributed by atoms with Crippen molar-refractivity contribution in [3.8, 4) is 39.9 Å². The number of rotatable bonds is 5. The Morgan fingerprint density at radius 3 is 1.00 bits per heavy atom. The summed E-state index contributed by atoms with van der Waals surface area (Å²) in [6.45, 7) is 8.73. The molecule has 5 heterocycles. The van der Waals surface area contributed by atoms with Gasteiger partial charge in [-0.25, -0.2) is 0 Å². The molecule has 0 N–H and O–H groups in total. The highest BCUT2D eigenvalue weighted by molar-refractivity contribution is 7.25. The van der Waals surface area contributed by atoms with Crippen LogP contribution in [0.1, 0.15) is 27.8 Å². The zero-order valence-corrected chi connectivity index (χ0v) is 43.7. The summed E-state index contributed by atoms with van der Waals surface area (Å²) < 4.78 is 12.3. The number of para-hydroxylation sites is 4. The second-order valence-electron chi connectivity index (χ2n) is 21.1. The average Bonchev–Trinajstić information content (AvgIpc) is 4.46. The van der Waals surface area contributed by atoms with E-state index in [4.69, 9.17) is 0 Å². The molecule has 362 valence electrons. The Morgan fingerprint density at radius 2 is 0.610 bits per heavy atom. The van der Waals surface area contributed by atoms with Gasteiger partial charge in [-0.05, 0) is 116 Å². The van der Waals surface area contributed by atoms with Gasteiger partial charge in [-0.3, -0.25) is 0 Å². The molecule has 0 atom stereocenters. The number of fused-ring (bicyclic) bond motifs is 15. The van der Waals surface area contributed by atoms with Crippen LogP contribution in [0.3, 0.4) is 0 Å². The fraction of sp³-hybridized carbons (Fsp3) is 0.0563. The van der Waals surface area contributed by atoms with Crippen LogP contribution in [0.15, 0.2) is 212 Å². The zero-order chi connectivity index (χ0) is 51.4. The first kappa shape index (κ1) is 43.7. The van der Waals surface area contributed by atoms with E-state index in [-0.39, 0.29) is 0 Å². The SMILES string of the molecule is Cc1ccc2c3ccccc3n(-c3c(C#N)c(-n4c5ccccc5c5ccc(C)cc54)c(-n4c5ccccc5c5ccc(C)cc54)c(-c4ccc5c(c4)sc4ccccc45)c3-n3c4ccccc4c4ccc(C)cc43)c2c1. The van der Waals surface area contributed by atoms with Gasteiger partial charge in [-0.2, -0.15) is 5.26 Å². The third-order valence-electron chi connectivity index (χ3n) is 16.4. The number of aryl methyl sites for hydroxylation is 4. The van der Waals surface area contributed by atoms with Crippen molar-refractivity contribution in [2.75, 3.05) is 0 Å². The van der Waals surface area contributed by atoms with Crippen LogP contribution in [-0.4, -0.2) is 18.3 Å². The summed E-state index contributed by atoms with van der Waals surface area (Å²) in [6.07, 6.45) is 0. The highest BCUT2D eigenvalue weighted by atomic mass is 32.1. The van der Waals surface area contributed by atoms with Gasteiger partial charge in [0.15, 0.2) is 0 Å². The third-order valence-corrected chi connectivity index (χ3v) is 17.5. The molecule has 0 unspecified atom stereocenters. The van der Waals surface area contributed by atoms with Crippen molar-refractivity contribution in [3.63, 3.8) is 0 Å². The van der Waals surface area contributed by atoms with Gasteiger partial charge in [0.2, 0.25) is 0 Å². The minimum absolute atomic E-state index is 0.562. The van der Waals surface area contributed by atoms with Gasteiger partial charge < -0.3 is 18.3 Å². The largest absolute Gasteiger partial charge is 0.306 e. The lowest BCUT2D eigenvalue weighted by atomic mass is 9.92. The number of hydrogen-bond donors (Lipinski definition) is 0. The van der Waals surface area contributed by atoms with Crippen LogP contribution >= 0.6 is 11.3 Å². The van der Waals surface area contributed by atoms with Crippen LogP contribution in [0.5, 0.6) is 0 Å². The molecular formula is C71H47N5S. The molecule has 77 heavy (non-hydrogen) atoms. The predicted molar refractivity (Wildman–Crippen MR) is 326 cm³/mol. The Bertz CT molecular complexity index is 5030. The summed E-state index contributed by atoms with van der Waals surface area (Å²) in [5.41, 5.74) is 19.1. The maximum Gasteiger partial charge on any atom is 0.104 e. The number of nitrogens with zero attached hydrogens (tertiary/aromatic N) is 5. The van der Waals surface area contributed by atoms with Gasteiger partial charge in [0.05, 0.1) is 66.9 Å². The number of nitriles is 1. The highest BCUT2D eigenvalue weighted by Crippen LogP contribution is 2.53. The van der Waals surface area contributed by atoms with Gasteiger partial charge >= 0.3 is 0 Å². The molecule has 6 heteroatoms. The second kappa shape index (κ2) is 16.2. The number of benzene rings is 11. The Kier molecular flexibility index (Phi) is 9.18. The van der Waals surface area contributed by atoms with Gasteiger partial charge in [-0.15, -0.1) is 11.3 Å². The van der Waals surface area contributed by atoms with Gasteiger partial charge in [-0.1, -0.05) is 152 Å². The maximum atomic E-state index is 13.0. The van der Waals surface area contributed by atoms with Crippen molar-refractivity contribution in [1.82, 2.24) is 18.3 Å². The summed E-state index contributed by atoms with van der Waals surface area (Å²) in [6, 6.07) is 81.5. The first-order valence-corrected chi connectivity index (χ1v) is 27.2. The first-order valence-electron chi connectivity index (χ1n) is 26.4. The summed E-state index contributed by atoms with van der Waals surface area (Å²) in [5.74, 6) is 0. The summed E-state index contributed by atoms with van der Waals surface area (Å²) in [4.78, 5) is 0. The molecule has 0 saturated carbocycles. The number of aromatic nitrogens is 4. The van der Waals surface area contributed by atoms with Crippen LogP contribution in [0.4, 0.5) is 0 Å². The van der Waals surface area contributed by atoms with Crippen molar-refractivity contribution in [2.45, 2.75) is 27.7 Å². The van der Waals surface area contributed by atoms with E-state index in [1.54, 1.807) is 0 Å². The fourth-order valence-electron chi connectivity index (χ4n) is 13.1. The summed E-state index contributed by atoms with van der Waals surface area (Å²) in [5, 5.41) is 24.5. The predicted octanol–water partition coefficient (Wildman–Crippen LogP) is 19.2. The maximum absolute atomic E-state index is 13.0. The molecule has 0 spiro atoms. The molecule has 16 aromatic rings. The summed E-state index contributed by atoms with van der Waals surface area (Å²) in [7, 11) is 0. The lowest BCUT2D eigenvalue weighted by Crippen LogP contribution is -2.16. The standard InChI is InChI=1S/C71H47N5S/c1-41-25-30-50-46-15-5-10-20-57(46)73(61(50)35-41)68-56(40-72)69(74-58-21-11-6-16-47(58)51-31-26-42(2)36-62(51)74)71(76-60-23-13-8-18-49(60)53-33-28-44(4)38-64(53)76)67(45-29-34-55-54-19-9-14-24-65(54)77-66(55)39-45)70(68)75-59-22-12-7-17-48(59)52-32-27-43(3)37-63(52)75/h5-39H,1-4H3. The van der Waals surface area contributed by atoms with Crippen molar-refractivity contribution >= 4 is 119 Å². The van der Waals surface area contributed by atoms with Gasteiger partial charge in [0.25, 0.3) is 0 Å². The molecule has 11 aromatic carbocycles. The van der Waals surface area contributed by atoms with E-state index >= 15 is 0 Å². The van der Waals surface area contributed by atoms with Crippen LogP contribution in [-0.2, 0) is 0 Å². The lowest BCUT2D eigenvalue weighted by Gasteiger charge is -2.29. The molecule has 0 aliphatic rings. The van der Waals surface area contributed by atoms with Crippen molar-refractivity contribution in [1.29, 1.82) is 5.26 Å². The molecule has 0 fully saturated rings. The molecule has 16 rings (SSSR count). The highest BCUT2D eigenvalue weighted by Gasteiger charge is 2.35. The smallest absolute Gasteiger partial charge is 0.104 e. The molecule has 0 saturated heterocycles. The minimum atomic E-state index is 0.562. The first-order chi connectivity index (χ1) is 37.8. The van der Waals surface area contributed by atoms with Crippen molar-refractivity contribution in [2.24, 2.45) is 0 Å². The molecule has 5 aromatic heterocycles. The Hall–Kier alpha value is -9.67. The van der Waals surface area contributed by atoms with E-state index in [9.17, 15) is 5.26 Å². The molecule has 0 bridgehead atoms. The number of hydrogen-bond acceptors (Lipinski definition) is 2. The van der Waals surface area contributed by atoms with E-state index in [1.807, 2.05) is 11.3 Å². The lowest BCUT2D eigenvalue weighted by molar-refractivity contribution is 1.03. The zero-order valence-electron chi connectivity index (χ0n) is 42.9. The van der Waals surface area contributed by atoms with E-state index in [0.717, 1.165) is 143 Å². The van der Waals surface area contributed by atoms with E-state index in [2.05, 4.69) is 264 Å². The fourth-order valence-corrected chi connectivity index (χ4v) is 14.3. The molecule has 0 radical (unpaired) electrons. The molecule has 5 nitrogen and oxygen atoms in total. The quantitative estimate of drug-likeness (QED) is 0.169. The van der Waals surface area contributed by atoms with Crippen molar-refractivity contribution < 1.29 is 0 Å². The van der Waals surface area contributed by atoms with E-state index < -0.39 is 0 Å². The second-order valence-corrected chi connectivity index (χ2v) is 22.1.